The topological polar surface area (TPSA) is 107 Å². The first-order valence-electron chi connectivity index (χ1n) is 11.2. The summed E-state index contributed by atoms with van der Waals surface area (Å²) in [6, 6.07) is 4.96. The molecule has 0 aliphatic heterocycles. The molecular weight excluding hydrogens is 511 g/mol. The third kappa shape index (κ3) is 8.22. The molecule has 1 N–H and O–H groups in total. The molecule has 2 heterocycles. The van der Waals surface area contributed by atoms with E-state index in [0.717, 1.165) is 17.3 Å². The predicted molar refractivity (Wildman–Crippen MR) is 130 cm³/mol. The molecule has 37 heavy (non-hydrogen) atoms. The van der Waals surface area contributed by atoms with Gasteiger partial charge in [0.1, 0.15) is 23.5 Å². The lowest BCUT2D eigenvalue weighted by Gasteiger charge is -2.21. The van der Waals surface area contributed by atoms with Crippen LogP contribution in [0.1, 0.15) is 33.5 Å². The second-order valence-electron chi connectivity index (χ2n) is 8.05. The Morgan fingerprint density at radius 3 is 2.51 bits per heavy atom. The summed E-state index contributed by atoms with van der Waals surface area (Å²) in [6.45, 7) is 4.57. The van der Waals surface area contributed by atoms with Crippen molar-refractivity contribution in [1.29, 1.82) is 0 Å². The lowest BCUT2D eigenvalue weighted by molar-refractivity contribution is -0.145. The normalized spacial score (nSPS) is 12.2. The van der Waals surface area contributed by atoms with E-state index >= 15 is 0 Å². The van der Waals surface area contributed by atoms with Crippen LogP contribution in [-0.4, -0.2) is 65.1 Å². The molecule has 0 aliphatic rings. The Hall–Kier alpha value is -3.58. The van der Waals surface area contributed by atoms with E-state index in [0.29, 0.717) is 41.4 Å². The van der Waals surface area contributed by atoms with Crippen molar-refractivity contribution < 1.29 is 32.2 Å². The number of likely N-dealkylation sites (N-methyl/N-ethyl adjacent to an activating group) is 1. The number of nitrogens with zero attached hydrogens (tertiary/aromatic N) is 4. The molecule has 2 aromatic heterocycles. The van der Waals surface area contributed by atoms with Crippen LogP contribution in [0.15, 0.2) is 36.8 Å². The van der Waals surface area contributed by atoms with Gasteiger partial charge in [-0.05, 0) is 32.0 Å². The number of carbonyl (C=O) groups excluding carboxylic acids is 2. The zero-order valence-electron chi connectivity index (χ0n) is 20.4. The minimum atomic E-state index is -4.64. The second kappa shape index (κ2) is 12.6. The van der Waals surface area contributed by atoms with Crippen LogP contribution < -0.4 is 10.1 Å². The van der Waals surface area contributed by atoms with Crippen molar-refractivity contribution in [3.63, 3.8) is 0 Å². The Kier molecular flexibility index (Phi) is 9.53. The third-order valence-electron chi connectivity index (χ3n) is 4.96. The highest BCUT2D eigenvalue weighted by Gasteiger charge is 2.34. The van der Waals surface area contributed by atoms with Gasteiger partial charge in [-0.2, -0.15) is 13.2 Å². The Balaban J connectivity index is 1.78. The van der Waals surface area contributed by atoms with Gasteiger partial charge < -0.3 is 19.7 Å². The van der Waals surface area contributed by atoms with Crippen LogP contribution in [0.2, 0.25) is 0 Å². The number of carbonyl (C=O) groups is 2. The molecule has 1 atom stereocenters. The van der Waals surface area contributed by atoms with E-state index in [-0.39, 0.29) is 24.8 Å². The van der Waals surface area contributed by atoms with Crippen LogP contribution in [-0.2, 0) is 22.3 Å². The highest BCUT2D eigenvalue weighted by molar-refractivity contribution is 7.14. The fourth-order valence-electron chi connectivity index (χ4n) is 3.24. The van der Waals surface area contributed by atoms with Crippen molar-refractivity contribution in [2.75, 3.05) is 26.8 Å². The number of alkyl halides is 3. The summed E-state index contributed by atoms with van der Waals surface area (Å²) in [7, 11) is 1.63. The average molecular weight is 538 g/mol. The summed E-state index contributed by atoms with van der Waals surface area (Å²) in [6.07, 6.45) is -0.577. The fraction of sp³-hybridized carbons (Fsp3) is 0.375. The quantitative estimate of drug-likeness (QED) is 0.351. The van der Waals surface area contributed by atoms with Crippen molar-refractivity contribution in [3.05, 3.63) is 58.6 Å². The predicted octanol–water partition coefficient (Wildman–Crippen LogP) is 3.73. The van der Waals surface area contributed by atoms with Gasteiger partial charge in [-0.3, -0.25) is 9.59 Å². The fourth-order valence-corrected chi connectivity index (χ4v) is 4.00. The van der Waals surface area contributed by atoms with E-state index in [9.17, 15) is 22.8 Å². The first-order valence-corrected chi connectivity index (χ1v) is 12.0. The molecule has 1 aromatic carbocycles. The Labute approximate surface area is 215 Å². The van der Waals surface area contributed by atoms with Crippen molar-refractivity contribution in [3.8, 4) is 16.3 Å². The number of amides is 2. The Morgan fingerprint density at radius 2 is 1.92 bits per heavy atom. The first kappa shape index (κ1) is 28.0. The minimum absolute atomic E-state index is 0.0712. The number of halogens is 3. The van der Waals surface area contributed by atoms with Gasteiger partial charge in [-0.15, -0.1) is 11.3 Å². The third-order valence-corrected chi connectivity index (χ3v) is 5.92. The summed E-state index contributed by atoms with van der Waals surface area (Å²) in [5, 5.41) is 3.35. The summed E-state index contributed by atoms with van der Waals surface area (Å²) in [4.78, 5) is 37.3. The number of hydrogen-bond donors (Lipinski definition) is 1. The smallest absolute Gasteiger partial charge is 0.451 e. The molecule has 198 valence electrons. The van der Waals surface area contributed by atoms with Crippen LogP contribution in [0.4, 0.5) is 13.2 Å². The van der Waals surface area contributed by atoms with E-state index in [1.807, 2.05) is 13.8 Å². The lowest BCUT2D eigenvalue weighted by atomic mass is 10.1. The molecule has 0 saturated carbocycles. The van der Waals surface area contributed by atoms with Gasteiger partial charge in [0.2, 0.25) is 12.2 Å². The standard InChI is InChI=1S/C24H26F3N5O4S/c1-4-35-20(12-32(3)14-33)13-36-19-6-17(5-18(7-19)22-29-8-15(2)37-22)21(34)28-9-16-10-30-23(31-11-16)24(25,26)27/h5-8,10-11,14,20H,4,9,12-13H2,1-3H3,(H,28,34). The number of nitrogens with one attached hydrogen (secondary N) is 1. The number of rotatable bonds is 12. The molecule has 2 amide bonds. The number of aromatic nitrogens is 3. The zero-order valence-corrected chi connectivity index (χ0v) is 21.2. The highest BCUT2D eigenvalue weighted by atomic mass is 32.1. The number of benzene rings is 1. The van der Waals surface area contributed by atoms with Crippen molar-refractivity contribution in [2.45, 2.75) is 32.7 Å². The molecule has 0 spiro atoms. The molecule has 1 unspecified atom stereocenters. The molecule has 3 aromatic rings. The Morgan fingerprint density at radius 1 is 1.19 bits per heavy atom. The van der Waals surface area contributed by atoms with Crippen LogP contribution in [0.3, 0.4) is 0 Å². The molecule has 0 radical (unpaired) electrons. The van der Waals surface area contributed by atoms with E-state index in [2.05, 4.69) is 20.3 Å². The summed E-state index contributed by atoms with van der Waals surface area (Å²) in [5.74, 6) is -1.32. The van der Waals surface area contributed by atoms with Crippen LogP contribution in [0, 0.1) is 6.92 Å². The van der Waals surface area contributed by atoms with Gasteiger partial charge in [-0.1, -0.05) is 0 Å². The molecule has 3 rings (SSSR count). The van der Waals surface area contributed by atoms with Gasteiger partial charge in [0.05, 0.1) is 0 Å². The maximum Gasteiger partial charge on any atom is 0.451 e. The van der Waals surface area contributed by atoms with Crippen LogP contribution in [0.25, 0.3) is 10.6 Å². The Bertz CT molecular complexity index is 1200. The molecule has 13 heteroatoms. The summed E-state index contributed by atoms with van der Waals surface area (Å²) >= 11 is 1.45. The monoisotopic (exact) mass is 537 g/mol. The minimum Gasteiger partial charge on any atom is -0.491 e. The molecule has 0 saturated heterocycles. The maximum atomic E-state index is 12.9. The highest BCUT2D eigenvalue weighted by Crippen LogP contribution is 2.30. The molecule has 0 aliphatic carbocycles. The lowest BCUT2D eigenvalue weighted by Crippen LogP contribution is -2.34. The number of hydrogen-bond acceptors (Lipinski definition) is 8. The van der Waals surface area contributed by atoms with Gasteiger partial charge in [0, 0.05) is 66.9 Å². The summed E-state index contributed by atoms with van der Waals surface area (Å²) in [5.41, 5.74) is 1.24. The van der Waals surface area contributed by atoms with Crippen LogP contribution >= 0.6 is 11.3 Å². The largest absolute Gasteiger partial charge is 0.491 e. The number of aryl methyl sites for hydroxylation is 1. The molecule has 0 fully saturated rings. The van der Waals surface area contributed by atoms with E-state index in [1.54, 1.807) is 31.4 Å². The van der Waals surface area contributed by atoms with Gasteiger partial charge in [0.15, 0.2) is 0 Å². The molecule has 0 bridgehead atoms. The average Bonchev–Trinajstić information content (AvgIpc) is 3.31. The van der Waals surface area contributed by atoms with E-state index in [4.69, 9.17) is 9.47 Å². The summed E-state index contributed by atoms with van der Waals surface area (Å²) < 4.78 is 49.6. The SMILES string of the molecule is CCOC(COc1cc(C(=O)NCc2cnc(C(F)(F)F)nc2)cc(-c2ncc(C)s2)c1)CN(C)C=O. The first-order chi connectivity index (χ1) is 17.6. The van der Waals surface area contributed by atoms with Crippen molar-refractivity contribution in [1.82, 2.24) is 25.2 Å². The maximum absolute atomic E-state index is 12.9. The zero-order chi connectivity index (χ0) is 27.0. The molecular formula is C24H26F3N5O4S. The van der Waals surface area contributed by atoms with Gasteiger partial charge in [-0.25, -0.2) is 15.0 Å². The molecule has 9 nitrogen and oxygen atoms in total. The second-order valence-corrected chi connectivity index (χ2v) is 9.29. The van der Waals surface area contributed by atoms with E-state index < -0.39 is 17.9 Å². The van der Waals surface area contributed by atoms with Crippen molar-refractivity contribution >= 4 is 23.7 Å². The van der Waals surface area contributed by atoms with Gasteiger partial charge >= 0.3 is 6.18 Å². The number of ether oxygens (including phenoxy) is 2. The van der Waals surface area contributed by atoms with Crippen LogP contribution in [0.5, 0.6) is 5.75 Å². The van der Waals surface area contributed by atoms with Gasteiger partial charge in [0.25, 0.3) is 5.91 Å². The number of thiazole rings is 1. The van der Waals surface area contributed by atoms with Crippen molar-refractivity contribution in [2.24, 2.45) is 0 Å². The van der Waals surface area contributed by atoms with E-state index in [1.165, 1.54) is 16.2 Å².